The number of amides is 3. The van der Waals surface area contributed by atoms with E-state index in [0.717, 1.165) is 41.9 Å². The molecule has 0 saturated carbocycles. The summed E-state index contributed by atoms with van der Waals surface area (Å²) in [5.74, 6) is -0.968. The monoisotopic (exact) mass is 557 g/mol. The van der Waals surface area contributed by atoms with Crippen LogP contribution in [-0.2, 0) is 29.1 Å². The minimum absolute atomic E-state index is 0.109. The van der Waals surface area contributed by atoms with E-state index in [1.54, 1.807) is 22.9 Å². The first-order valence-corrected chi connectivity index (χ1v) is 13.9. The molecular formula is C30H32FN7O3. The molecule has 0 spiro atoms. The van der Waals surface area contributed by atoms with Crippen molar-refractivity contribution in [3.63, 3.8) is 0 Å². The number of halogens is 1. The minimum Gasteiger partial charge on any atom is -0.366 e. The number of carbonyl (C=O) groups is 3. The highest BCUT2D eigenvalue weighted by Gasteiger charge is 2.34. The molecule has 212 valence electrons. The minimum atomic E-state index is -1.10. The molecular weight excluding hydrogens is 525 g/mol. The topological polar surface area (TPSA) is 128 Å². The highest BCUT2D eigenvalue weighted by atomic mass is 19.1. The number of nitrogens with zero attached hydrogens (tertiary/aromatic N) is 5. The van der Waals surface area contributed by atoms with Crippen molar-refractivity contribution in [1.82, 2.24) is 24.2 Å². The Labute approximate surface area is 236 Å². The number of nitrogens with one attached hydrogen (secondary N) is 1. The molecule has 1 saturated heterocycles. The summed E-state index contributed by atoms with van der Waals surface area (Å²) in [6.07, 6.45) is 4.84. The van der Waals surface area contributed by atoms with Crippen molar-refractivity contribution >= 4 is 34.4 Å². The van der Waals surface area contributed by atoms with Gasteiger partial charge in [-0.25, -0.2) is 9.37 Å². The number of likely N-dealkylation sites (tertiary alicyclic amines) is 1. The van der Waals surface area contributed by atoms with Gasteiger partial charge in [-0.1, -0.05) is 12.1 Å². The van der Waals surface area contributed by atoms with Gasteiger partial charge in [0, 0.05) is 47.1 Å². The van der Waals surface area contributed by atoms with E-state index in [1.165, 1.54) is 4.90 Å². The zero-order valence-electron chi connectivity index (χ0n) is 22.8. The molecule has 3 N–H and O–H groups in total. The molecule has 1 unspecified atom stereocenters. The standard InChI is InChI=1S/C30H32FN7O3/c1-18-4-2-6-27(34-18)35-30(41)26-10-8-20(31)11-13-37(26)28(39)17-36-16-23(29(32)40)21-14-19(7-9-24(21)36)22-15-33-38-12-3-5-25(22)38/h2,4,6-7,9,14-16,20,26H,3,5,8,10-13,17H2,1H3,(H2,32,40)(H,34,35,41)/t20?,26-/m0/s1. The molecule has 3 amide bonds. The molecule has 2 aliphatic rings. The second-order valence-electron chi connectivity index (χ2n) is 10.8. The van der Waals surface area contributed by atoms with Gasteiger partial charge in [0.15, 0.2) is 0 Å². The Kier molecular flexibility index (Phi) is 7.02. The first kappa shape index (κ1) is 26.7. The van der Waals surface area contributed by atoms with Crippen LogP contribution in [0.5, 0.6) is 0 Å². The zero-order chi connectivity index (χ0) is 28.7. The lowest BCUT2D eigenvalue weighted by molar-refractivity contribution is -0.139. The maximum absolute atomic E-state index is 14.4. The number of anilines is 1. The molecule has 3 aromatic heterocycles. The molecule has 2 atom stereocenters. The fourth-order valence-electron chi connectivity index (χ4n) is 6.00. The van der Waals surface area contributed by atoms with Crippen LogP contribution in [0, 0.1) is 6.92 Å². The number of carbonyl (C=O) groups excluding carboxylic acids is 3. The Morgan fingerprint density at radius 1 is 1.12 bits per heavy atom. The van der Waals surface area contributed by atoms with Crippen molar-refractivity contribution in [1.29, 1.82) is 0 Å². The number of aryl methyl sites for hydroxylation is 2. The number of aromatic nitrogens is 4. The number of hydrogen-bond acceptors (Lipinski definition) is 5. The average Bonchev–Trinajstić information content (AvgIpc) is 3.61. The number of primary amides is 1. The number of nitrogens with two attached hydrogens (primary N) is 1. The predicted octanol–water partition coefficient (Wildman–Crippen LogP) is 3.61. The molecule has 10 nitrogen and oxygen atoms in total. The van der Waals surface area contributed by atoms with Gasteiger partial charge in [-0.05, 0) is 68.9 Å². The fourth-order valence-corrected chi connectivity index (χ4v) is 6.00. The van der Waals surface area contributed by atoms with Crippen LogP contribution in [-0.4, -0.2) is 60.7 Å². The van der Waals surface area contributed by atoms with E-state index < -0.39 is 24.0 Å². The Bertz CT molecular complexity index is 1660. The summed E-state index contributed by atoms with van der Waals surface area (Å²) in [6, 6.07) is 10.2. The molecule has 1 aromatic carbocycles. The predicted molar refractivity (Wildman–Crippen MR) is 152 cm³/mol. The Morgan fingerprint density at radius 3 is 2.78 bits per heavy atom. The first-order chi connectivity index (χ1) is 19.8. The van der Waals surface area contributed by atoms with Crippen LogP contribution < -0.4 is 11.1 Å². The largest absolute Gasteiger partial charge is 0.366 e. The normalized spacial score (nSPS) is 18.7. The van der Waals surface area contributed by atoms with E-state index in [0.29, 0.717) is 22.3 Å². The first-order valence-electron chi connectivity index (χ1n) is 13.9. The summed E-state index contributed by atoms with van der Waals surface area (Å²) in [5.41, 5.74) is 10.6. The fraction of sp³-hybridized carbons (Fsp3) is 0.367. The third kappa shape index (κ3) is 5.19. The smallest absolute Gasteiger partial charge is 0.250 e. The molecule has 6 rings (SSSR count). The molecule has 2 aliphatic heterocycles. The quantitative estimate of drug-likeness (QED) is 0.374. The Balaban J connectivity index is 1.29. The van der Waals surface area contributed by atoms with Crippen LogP contribution >= 0.6 is 0 Å². The van der Waals surface area contributed by atoms with Gasteiger partial charge in [0.1, 0.15) is 24.6 Å². The SMILES string of the molecule is Cc1cccc(NC(=O)[C@@H]2CCC(F)CCN2C(=O)Cn2cc(C(N)=O)c3cc(-c4cnn5c4CCC5)ccc32)n1. The van der Waals surface area contributed by atoms with Crippen LogP contribution in [0.15, 0.2) is 48.8 Å². The third-order valence-corrected chi connectivity index (χ3v) is 8.07. The number of benzene rings is 1. The van der Waals surface area contributed by atoms with Crippen molar-refractivity contribution in [2.75, 3.05) is 11.9 Å². The Morgan fingerprint density at radius 2 is 1.98 bits per heavy atom. The highest BCUT2D eigenvalue weighted by Crippen LogP contribution is 2.32. The van der Waals surface area contributed by atoms with Crippen LogP contribution in [0.3, 0.4) is 0 Å². The molecule has 41 heavy (non-hydrogen) atoms. The van der Waals surface area contributed by atoms with Crippen molar-refractivity contribution < 1.29 is 18.8 Å². The van der Waals surface area contributed by atoms with Gasteiger partial charge in [-0.3, -0.25) is 19.1 Å². The van der Waals surface area contributed by atoms with Crippen molar-refractivity contribution in [3.8, 4) is 11.1 Å². The van der Waals surface area contributed by atoms with E-state index in [2.05, 4.69) is 15.4 Å². The van der Waals surface area contributed by atoms with Gasteiger partial charge in [0.2, 0.25) is 11.8 Å². The van der Waals surface area contributed by atoms with Crippen LogP contribution in [0.1, 0.15) is 47.4 Å². The lowest BCUT2D eigenvalue weighted by atomic mass is 10.0. The van der Waals surface area contributed by atoms with Crippen LogP contribution in [0.2, 0.25) is 0 Å². The zero-order valence-corrected chi connectivity index (χ0v) is 22.8. The van der Waals surface area contributed by atoms with Crippen molar-refractivity contribution in [3.05, 3.63) is 65.7 Å². The molecule has 0 aliphatic carbocycles. The van der Waals surface area contributed by atoms with Gasteiger partial charge in [0.25, 0.3) is 5.91 Å². The maximum Gasteiger partial charge on any atom is 0.250 e. The summed E-state index contributed by atoms with van der Waals surface area (Å²) >= 11 is 0. The molecule has 0 bridgehead atoms. The second-order valence-corrected chi connectivity index (χ2v) is 10.8. The third-order valence-electron chi connectivity index (χ3n) is 8.07. The van der Waals surface area contributed by atoms with E-state index >= 15 is 0 Å². The summed E-state index contributed by atoms with van der Waals surface area (Å²) in [7, 11) is 0. The van der Waals surface area contributed by atoms with Crippen molar-refractivity contribution in [2.45, 2.75) is 64.3 Å². The summed E-state index contributed by atoms with van der Waals surface area (Å²) in [4.78, 5) is 45.2. The highest BCUT2D eigenvalue weighted by molar-refractivity contribution is 6.07. The van der Waals surface area contributed by atoms with Gasteiger partial charge in [-0.2, -0.15) is 5.10 Å². The lowest BCUT2D eigenvalue weighted by Gasteiger charge is -2.29. The number of pyridine rings is 1. The molecule has 1 fully saturated rings. The Hall–Kier alpha value is -4.54. The lowest BCUT2D eigenvalue weighted by Crippen LogP contribution is -2.48. The number of fused-ring (bicyclic) bond motifs is 2. The number of hydrogen-bond donors (Lipinski definition) is 2. The molecule has 11 heteroatoms. The molecule has 4 aromatic rings. The van der Waals surface area contributed by atoms with Gasteiger partial charge < -0.3 is 20.5 Å². The van der Waals surface area contributed by atoms with Gasteiger partial charge in [-0.15, -0.1) is 0 Å². The van der Waals surface area contributed by atoms with E-state index in [-0.39, 0.29) is 38.3 Å². The summed E-state index contributed by atoms with van der Waals surface area (Å²) < 4.78 is 18.1. The van der Waals surface area contributed by atoms with Crippen molar-refractivity contribution in [2.24, 2.45) is 5.73 Å². The maximum atomic E-state index is 14.4. The van der Waals surface area contributed by atoms with Crippen LogP contribution in [0.4, 0.5) is 10.2 Å². The second kappa shape index (κ2) is 10.8. The molecule has 5 heterocycles. The van der Waals surface area contributed by atoms with Gasteiger partial charge in [0.05, 0.1) is 11.8 Å². The average molecular weight is 558 g/mol. The van der Waals surface area contributed by atoms with Gasteiger partial charge >= 0.3 is 0 Å². The summed E-state index contributed by atoms with van der Waals surface area (Å²) in [6.45, 7) is 2.69. The number of rotatable bonds is 6. The van der Waals surface area contributed by atoms with E-state index in [9.17, 15) is 18.8 Å². The summed E-state index contributed by atoms with van der Waals surface area (Å²) in [5, 5.41) is 7.91. The van der Waals surface area contributed by atoms with E-state index in [1.807, 2.05) is 42.1 Å². The van der Waals surface area contributed by atoms with E-state index in [4.69, 9.17) is 5.73 Å². The van der Waals surface area contributed by atoms with Crippen LogP contribution in [0.25, 0.3) is 22.0 Å². The number of alkyl halides is 1. The molecule has 0 radical (unpaired) electrons.